The molecule has 1 fully saturated rings. The van der Waals surface area contributed by atoms with Gasteiger partial charge in [-0.25, -0.2) is 9.97 Å². The van der Waals surface area contributed by atoms with Gasteiger partial charge in [0.15, 0.2) is 11.6 Å². The van der Waals surface area contributed by atoms with E-state index in [9.17, 15) is 4.79 Å². The molecule has 0 bridgehead atoms. The zero-order valence-corrected chi connectivity index (χ0v) is 10.4. The number of hydrogen-bond donors (Lipinski definition) is 3. The van der Waals surface area contributed by atoms with Crippen molar-refractivity contribution in [3.05, 3.63) is 12.4 Å². The number of anilines is 2. The van der Waals surface area contributed by atoms with Crippen LogP contribution in [0.3, 0.4) is 0 Å². The van der Waals surface area contributed by atoms with Crippen molar-refractivity contribution in [2.45, 2.75) is 31.7 Å². The van der Waals surface area contributed by atoms with Crippen LogP contribution in [0, 0.1) is 5.92 Å². The zero-order chi connectivity index (χ0) is 13.0. The molecule has 1 aliphatic rings. The monoisotopic (exact) mass is 250 g/mol. The van der Waals surface area contributed by atoms with E-state index in [0.717, 1.165) is 37.3 Å². The first-order valence-corrected chi connectivity index (χ1v) is 6.19. The Balaban J connectivity index is 1.93. The number of hydrogen-bond acceptors (Lipinski definition) is 5. The van der Waals surface area contributed by atoms with E-state index in [1.807, 2.05) is 0 Å². The summed E-state index contributed by atoms with van der Waals surface area (Å²) >= 11 is 0. The van der Waals surface area contributed by atoms with E-state index in [2.05, 4.69) is 20.6 Å². The van der Waals surface area contributed by atoms with Crippen molar-refractivity contribution in [1.29, 1.82) is 0 Å². The Morgan fingerprint density at radius 3 is 2.39 bits per heavy atom. The van der Waals surface area contributed by atoms with Crippen molar-refractivity contribution >= 4 is 17.6 Å². The summed E-state index contributed by atoms with van der Waals surface area (Å²) in [5.41, 5.74) is 0. The fraction of sp³-hybridized carbons (Fsp3) is 0.583. The smallest absolute Gasteiger partial charge is 0.306 e. The van der Waals surface area contributed by atoms with Crippen LogP contribution >= 0.6 is 0 Å². The Bertz CT molecular complexity index is 416. The number of nitrogens with zero attached hydrogens (tertiary/aromatic N) is 2. The second-order valence-corrected chi connectivity index (χ2v) is 4.53. The van der Waals surface area contributed by atoms with Crippen LogP contribution in [-0.4, -0.2) is 34.1 Å². The average Bonchev–Trinajstić information content (AvgIpc) is 2.40. The lowest BCUT2D eigenvalue weighted by Gasteiger charge is -2.27. The van der Waals surface area contributed by atoms with Gasteiger partial charge in [-0.3, -0.25) is 4.79 Å². The third kappa shape index (κ3) is 2.88. The molecule has 1 aromatic heterocycles. The highest BCUT2D eigenvalue weighted by atomic mass is 16.4. The first-order valence-electron chi connectivity index (χ1n) is 6.19. The topological polar surface area (TPSA) is 87.1 Å². The van der Waals surface area contributed by atoms with Gasteiger partial charge in [0.05, 0.1) is 5.92 Å². The Hall–Kier alpha value is -1.85. The van der Waals surface area contributed by atoms with Crippen molar-refractivity contribution in [2.75, 3.05) is 17.7 Å². The lowest BCUT2D eigenvalue weighted by atomic mass is 9.86. The molecular formula is C12H18N4O2. The lowest BCUT2D eigenvalue weighted by molar-refractivity contribution is -0.142. The molecular weight excluding hydrogens is 232 g/mol. The van der Waals surface area contributed by atoms with Crippen LogP contribution in [0.15, 0.2) is 12.4 Å². The zero-order valence-electron chi connectivity index (χ0n) is 10.4. The van der Waals surface area contributed by atoms with Crippen molar-refractivity contribution in [1.82, 2.24) is 9.97 Å². The highest BCUT2D eigenvalue weighted by Gasteiger charge is 2.26. The minimum Gasteiger partial charge on any atom is -0.481 e. The molecule has 0 spiro atoms. The van der Waals surface area contributed by atoms with Crippen molar-refractivity contribution in [2.24, 2.45) is 5.92 Å². The van der Waals surface area contributed by atoms with Crippen LogP contribution < -0.4 is 10.6 Å². The summed E-state index contributed by atoms with van der Waals surface area (Å²) in [5, 5.41) is 15.3. The van der Waals surface area contributed by atoms with Gasteiger partial charge in [0.1, 0.15) is 0 Å². The summed E-state index contributed by atoms with van der Waals surface area (Å²) in [5.74, 6) is 0.592. The van der Waals surface area contributed by atoms with Crippen molar-refractivity contribution in [3.8, 4) is 0 Å². The second kappa shape index (κ2) is 5.66. The highest BCUT2D eigenvalue weighted by molar-refractivity contribution is 5.70. The molecule has 1 aromatic rings. The highest BCUT2D eigenvalue weighted by Crippen LogP contribution is 2.27. The van der Waals surface area contributed by atoms with E-state index < -0.39 is 5.97 Å². The van der Waals surface area contributed by atoms with Gasteiger partial charge in [0.25, 0.3) is 0 Å². The summed E-state index contributed by atoms with van der Waals surface area (Å²) in [6.45, 7) is 0. The molecule has 6 nitrogen and oxygen atoms in total. The molecule has 98 valence electrons. The first-order chi connectivity index (χ1) is 8.70. The molecule has 1 aliphatic carbocycles. The van der Waals surface area contributed by atoms with E-state index in [4.69, 9.17) is 5.11 Å². The lowest BCUT2D eigenvalue weighted by Crippen LogP contribution is -2.29. The molecule has 0 unspecified atom stereocenters. The number of nitrogens with one attached hydrogen (secondary N) is 2. The number of rotatable bonds is 4. The molecule has 0 amide bonds. The van der Waals surface area contributed by atoms with Gasteiger partial charge in [-0.05, 0) is 25.7 Å². The van der Waals surface area contributed by atoms with E-state index in [-0.39, 0.29) is 12.0 Å². The van der Waals surface area contributed by atoms with Gasteiger partial charge in [-0.2, -0.15) is 0 Å². The maximum Gasteiger partial charge on any atom is 0.306 e. The molecule has 0 aromatic carbocycles. The number of carbonyl (C=O) groups is 1. The van der Waals surface area contributed by atoms with Crippen molar-refractivity contribution < 1.29 is 9.90 Å². The molecule has 1 saturated carbocycles. The molecule has 2 rings (SSSR count). The fourth-order valence-corrected chi connectivity index (χ4v) is 2.30. The van der Waals surface area contributed by atoms with E-state index >= 15 is 0 Å². The first kappa shape index (κ1) is 12.6. The van der Waals surface area contributed by atoms with Crippen LogP contribution in [0.25, 0.3) is 0 Å². The van der Waals surface area contributed by atoms with Gasteiger partial charge in [0.2, 0.25) is 0 Å². The van der Waals surface area contributed by atoms with Gasteiger partial charge in [-0.1, -0.05) is 0 Å². The number of carboxylic acids is 1. The van der Waals surface area contributed by atoms with Crippen LogP contribution in [0.4, 0.5) is 11.6 Å². The maximum absolute atomic E-state index is 10.9. The second-order valence-electron chi connectivity index (χ2n) is 4.53. The van der Waals surface area contributed by atoms with E-state index in [1.54, 1.807) is 19.4 Å². The molecule has 3 N–H and O–H groups in total. The third-order valence-corrected chi connectivity index (χ3v) is 3.35. The standard InChI is InChI=1S/C12H18N4O2/c1-13-10-11(15-7-6-14-10)16-9-4-2-8(3-5-9)12(17)18/h6-9H,2-5H2,1H3,(H,13,14)(H,15,16)(H,17,18). The Labute approximate surface area is 106 Å². The number of aliphatic carboxylic acids is 1. The van der Waals surface area contributed by atoms with Crippen molar-refractivity contribution in [3.63, 3.8) is 0 Å². The number of aromatic nitrogens is 2. The van der Waals surface area contributed by atoms with Crippen LogP contribution in [0.1, 0.15) is 25.7 Å². The number of carboxylic acid groups (broad SMARTS) is 1. The minimum atomic E-state index is -0.677. The predicted molar refractivity (Wildman–Crippen MR) is 68.6 cm³/mol. The largest absolute Gasteiger partial charge is 0.481 e. The average molecular weight is 250 g/mol. The normalized spacial score (nSPS) is 23.4. The fourth-order valence-electron chi connectivity index (χ4n) is 2.30. The van der Waals surface area contributed by atoms with Gasteiger partial charge in [-0.15, -0.1) is 0 Å². The summed E-state index contributed by atoms with van der Waals surface area (Å²) in [4.78, 5) is 19.3. The van der Waals surface area contributed by atoms with Gasteiger partial charge in [0, 0.05) is 25.5 Å². The summed E-state index contributed by atoms with van der Waals surface area (Å²) in [6.07, 6.45) is 6.45. The maximum atomic E-state index is 10.9. The van der Waals surface area contributed by atoms with E-state index in [1.165, 1.54) is 0 Å². The SMILES string of the molecule is CNc1nccnc1NC1CCC(C(=O)O)CC1. The molecule has 18 heavy (non-hydrogen) atoms. The van der Waals surface area contributed by atoms with Crippen LogP contribution in [-0.2, 0) is 4.79 Å². The van der Waals surface area contributed by atoms with Crippen LogP contribution in [0.5, 0.6) is 0 Å². The Kier molecular flexibility index (Phi) is 3.96. The predicted octanol–water partition coefficient (Wildman–Crippen LogP) is 1.57. The molecule has 0 saturated heterocycles. The minimum absolute atomic E-state index is 0.186. The van der Waals surface area contributed by atoms with Crippen LogP contribution in [0.2, 0.25) is 0 Å². The Morgan fingerprint density at radius 2 is 1.83 bits per heavy atom. The summed E-state index contributed by atoms with van der Waals surface area (Å²) < 4.78 is 0. The molecule has 0 atom stereocenters. The third-order valence-electron chi connectivity index (χ3n) is 3.35. The summed E-state index contributed by atoms with van der Waals surface area (Å²) in [7, 11) is 1.80. The van der Waals surface area contributed by atoms with Gasteiger partial charge >= 0.3 is 5.97 Å². The quantitative estimate of drug-likeness (QED) is 0.752. The molecule has 0 radical (unpaired) electrons. The van der Waals surface area contributed by atoms with E-state index in [0.29, 0.717) is 0 Å². The van der Waals surface area contributed by atoms with Gasteiger partial charge < -0.3 is 15.7 Å². The Morgan fingerprint density at radius 1 is 1.22 bits per heavy atom. The molecule has 1 heterocycles. The molecule has 6 heteroatoms. The molecule has 0 aliphatic heterocycles. The summed E-state index contributed by atoms with van der Waals surface area (Å²) in [6, 6.07) is 0.282.